The largest absolute Gasteiger partial charge is 0.352 e. The molecular weight excluding hydrogens is 360 g/mol. The van der Waals surface area contributed by atoms with Crippen molar-refractivity contribution in [2.24, 2.45) is 5.92 Å². The fraction of sp³-hybridized carbons (Fsp3) is 0.417. The second-order valence-electron chi connectivity index (χ2n) is 8.45. The first-order chi connectivity index (χ1) is 14.3. The molecule has 5 heteroatoms. The van der Waals surface area contributed by atoms with Crippen molar-refractivity contribution >= 4 is 16.9 Å². The maximum Gasteiger partial charge on any atom is 0.251 e. The lowest BCUT2D eigenvalue weighted by atomic mass is 9.88. The summed E-state index contributed by atoms with van der Waals surface area (Å²) in [6.07, 6.45) is 8.40. The highest BCUT2D eigenvalue weighted by molar-refractivity contribution is 5.94. The summed E-state index contributed by atoms with van der Waals surface area (Å²) in [5, 5.41) is 3.16. The predicted octanol–water partition coefficient (Wildman–Crippen LogP) is 4.02. The molecular formula is C24H28N4O. The lowest BCUT2D eigenvalue weighted by Gasteiger charge is -2.42. The highest BCUT2D eigenvalue weighted by Crippen LogP contribution is 2.29. The Hall–Kier alpha value is -2.66. The minimum absolute atomic E-state index is 0.0211. The van der Waals surface area contributed by atoms with Gasteiger partial charge in [0.15, 0.2) is 0 Å². The van der Waals surface area contributed by atoms with Gasteiger partial charge in [-0.2, -0.15) is 0 Å². The standard InChI is InChI=1S/C24H28N4O/c29-24(25-15-18-5-4-14-27(16-18)20-6-3-7-20)19-10-12-21(13-11-19)28-17-26-22-8-1-2-9-23(22)28/h1-2,8-13,17-18,20H,3-7,14-16H2,(H,25,29). The van der Waals surface area contributed by atoms with Gasteiger partial charge in [-0.1, -0.05) is 18.6 Å². The molecule has 2 aliphatic rings. The van der Waals surface area contributed by atoms with Crippen LogP contribution in [-0.4, -0.2) is 46.0 Å². The van der Waals surface area contributed by atoms with Gasteiger partial charge >= 0.3 is 0 Å². The Kier molecular flexibility index (Phi) is 5.06. The number of carbonyl (C=O) groups excluding carboxylic acids is 1. The van der Waals surface area contributed by atoms with E-state index in [0.29, 0.717) is 11.5 Å². The quantitative estimate of drug-likeness (QED) is 0.718. The van der Waals surface area contributed by atoms with Crippen LogP contribution in [0, 0.1) is 5.92 Å². The Labute approximate surface area is 171 Å². The third-order valence-corrected chi connectivity index (χ3v) is 6.55. The van der Waals surface area contributed by atoms with Crippen molar-refractivity contribution in [3.05, 3.63) is 60.4 Å². The van der Waals surface area contributed by atoms with Gasteiger partial charge in [0.25, 0.3) is 5.91 Å². The Morgan fingerprint density at radius 1 is 1.03 bits per heavy atom. The maximum atomic E-state index is 12.6. The first-order valence-corrected chi connectivity index (χ1v) is 10.8. The topological polar surface area (TPSA) is 50.2 Å². The average molecular weight is 389 g/mol. The minimum Gasteiger partial charge on any atom is -0.352 e. The summed E-state index contributed by atoms with van der Waals surface area (Å²) in [5.41, 5.74) is 3.76. The van der Waals surface area contributed by atoms with Crippen LogP contribution in [0.5, 0.6) is 0 Å². The molecule has 1 unspecified atom stereocenters. The van der Waals surface area contributed by atoms with E-state index in [1.165, 1.54) is 38.6 Å². The van der Waals surface area contributed by atoms with Crippen molar-refractivity contribution in [3.8, 4) is 5.69 Å². The summed E-state index contributed by atoms with van der Waals surface area (Å²) in [6, 6.07) is 16.7. The molecule has 1 amide bonds. The minimum atomic E-state index is 0.0211. The molecule has 1 N–H and O–H groups in total. The van der Waals surface area contributed by atoms with Crippen LogP contribution in [-0.2, 0) is 0 Å². The molecule has 29 heavy (non-hydrogen) atoms. The fourth-order valence-corrected chi connectivity index (χ4v) is 4.62. The zero-order valence-corrected chi connectivity index (χ0v) is 16.8. The number of imidazole rings is 1. The molecule has 0 bridgehead atoms. The number of likely N-dealkylation sites (tertiary alicyclic amines) is 1. The average Bonchev–Trinajstić information content (AvgIpc) is 3.15. The Morgan fingerprint density at radius 2 is 1.86 bits per heavy atom. The van der Waals surface area contributed by atoms with Crippen molar-refractivity contribution < 1.29 is 4.79 Å². The SMILES string of the molecule is O=C(NCC1CCCN(C2CCC2)C1)c1ccc(-n2cnc3ccccc32)cc1. The third kappa shape index (κ3) is 3.79. The molecule has 0 spiro atoms. The van der Waals surface area contributed by atoms with E-state index in [1.54, 1.807) is 0 Å². The summed E-state index contributed by atoms with van der Waals surface area (Å²) < 4.78 is 2.05. The van der Waals surface area contributed by atoms with Gasteiger partial charge in [-0.15, -0.1) is 0 Å². The number of piperidine rings is 1. The molecule has 150 valence electrons. The van der Waals surface area contributed by atoms with E-state index in [-0.39, 0.29) is 5.91 Å². The Balaban J connectivity index is 1.20. The number of hydrogen-bond donors (Lipinski definition) is 1. The van der Waals surface area contributed by atoms with Crippen molar-refractivity contribution in [2.45, 2.75) is 38.1 Å². The molecule has 2 heterocycles. The molecule has 5 nitrogen and oxygen atoms in total. The molecule has 1 aliphatic heterocycles. The van der Waals surface area contributed by atoms with Gasteiger partial charge in [0.05, 0.1) is 11.0 Å². The molecule has 1 aliphatic carbocycles. The molecule has 0 radical (unpaired) electrons. The Bertz CT molecular complexity index is 990. The van der Waals surface area contributed by atoms with Gasteiger partial charge in [-0.05, 0) is 74.5 Å². The van der Waals surface area contributed by atoms with Gasteiger partial charge in [0.2, 0.25) is 0 Å². The van der Waals surface area contributed by atoms with Crippen molar-refractivity contribution in [3.63, 3.8) is 0 Å². The van der Waals surface area contributed by atoms with Gasteiger partial charge in [0, 0.05) is 30.4 Å². The number of benzene rings is 2. The highest BCUT2D eigenvalue weighted by Gasteiger charge is 2.29. The molecule has 3 aromatic rings. The number of hydrogen-bond acceptors (Lipinski definition) is 3. The van der Waals surface area contributed by atoms with Crippen LogP contribution in [0.15, 0.2) is 54.9 Å². The number of fused-ring (bicyclic) bond motifs is 1. The lowest BCUT2D eigenvalue weighted by Crippen LogP contribution is -2.48. The lowest BCUT2D eigenvalue weighted by molar-refractivity contribution is 0.0736. The van der Waals surface area contributed by atoms with Crippen LogP contribution in [0.3, 0.4) is 0 Å². The number of amides is 1. The van der Waals surface area contributed by atoms with E-state index < -0.39 is 0 Å². The first kappa shape index (κ1) is 18.4. The molecule has 2 fully saturated rings. The monoisotopic (exact) mass is 388 g/mol. The molecule has 2 aromatic carbocycles. The number of carbonyl (C=O) groups is 1. The summed E-state index contributed by atoms with van der Waals surface area (Å²) >= 11 is 0. The summed E-state index contributed by atoms with van der Waals surface area (Å²) in [5.74, 6) is 0.595. The van der Waals surface area contributed by atoms with Gasteiger partial charge in [0.1, 0.15) is 6.33 Å². The molecule has 1 atom stereocenters. The van der Waals surface area contributed by atoms with Gasteiger partial charge in [-0.3, -0.25) is 9.36 Å². The maximum absolute atomic E-state index is 12.6. The second kappa shape index (κ2) is 7.99. The van der Waals surface area contributed by atoms with Crippen molar-refractivity contribution in [2.75, 3.05) is 19.6 Å². The summed E-state index contributed by atoms with van der Waals surface area (Å²) in [7, 11) is 0. The van der Waals surface area contributed by atoms with Crippen LogP contribution < -0.4 is 5.32 Å². The highest BCUT2D eigenvalue weighted by atomic mass is 16.1. The van der Waals surface area contributed by atoms with E-state index in [9.17, 15) is 4.79 Å². The Morgan fingerprint density at radius 3 is 2.66 bits per heavy atom. The number of nitrogens with zero attached hydrogens (tertiary/aromatic N) is 3. The number of aromatic nitrogens is 2. The normalized spacial score (nSPS) is 20.5. The fourth-order valence-electron chi connectivity index (χ4n) is 4.62. The smallest absolute Gasteiger partial charge is 0.251 e. The number of rotatable bonds is 5. The molecule has 1 aromatic heterocycles. The van der Waals surface area contributed by atoms with E-state index >= 15 is 0 Å². The summed E-state index contributed by atoms with van der Waals surface area (Å²) in [6.45, 7) is 3.15. The van der Waals surface area contributed by atoms with Crippen molar-refractivity contribution in [1.29, 1.82) is 0 Å². The third-order valence-electron chi connectivity index (χ3n) is 6.55. The van der Waals surface area contributed by atoms with E-state index in [0.717, 1.165) is 35.9 Å². The van der Waals surface area contributed by atoms with Crippen LogP contribution >= 0.6 is 0 Å². The van der Waals surface area contributed by atoms with E-state index in [2.05, 4.69) is 21.3 Å². The van der Waals surface area contributed by atoms with Crippen LogP contribution in [0.1, 0.15) is 42.5 Å². The van der Waals surface area contributed by atoms with Crippen LogP contribution in [0.2, 0.25) is 0 Å². The van der Waals surface area contributed by atoms with Gasteiger partial charge in [-0.25, -0.2) is 4.98 Å². The predicted molar refractivity (Wildman–Crippen MR) is 115 cm³/mol. The van der Waals surface area contributed by atoms with E-state index in [4.69, 9.17) is 0 Å². The van der Waals surface area contributed by atoms with E-state index in [1.807, 2.05) is 53.4 Å². The first-order valence-electron chi connectivity index (χ1n) is 10.8. The molecule has 1 saturated heterocycles. The number of nitrogens with one attached hydrogen (secondary N) is 1. The zero-order valence-electron chi connectivity index (χ0n) is 16.8. The van der Waals surface area contributed by atoms with Crippen LogP contribution in [0.25, 0.3) is 16.7 Å². The van der Waals surface area contributed by atoms with Crippen LogP contribution in [0.4, 0.5) is 0 Å². The summed E-state index contributed by atoms with van der Waals surface area (Å²) in [4.78, 5) is 19.7. The second-order valence-corrected chi connectivity index (χ2v) is 8.45. The van der Waals surface area contributed by atoms with Crippen molar-refractivity contribution in [1.82, 2.24) is 19.8 Å². The zero-order chi connectivity index (χ0) is 19.6. The van der Waals surface area contributed by atoms with Gasteiger partial charge < -0.3 is 10.2 Å². The molecule has 5 rings (SSSR count). The molecule has 1 saturated carbocycles. The number of para-hydroxylation sites is 2.